The summed E-state index contributed by atoms with van der Waals surface area (Å²) in [5.41, 5.74) is 3.39. The summed E-state index contributed by atoms with van der Waals surface area (Å²) >= 11 is 0. The number of nitrogens with one attached hydrogen (secondary N) is 2. The van der Waals surface area contributed by atoms with Crippen LogP contribution in [0.15, 0.2) is 41.4 Å². The fourth-order valence-corrected chi connectivity index (χ4v) is 3.90. The fraction of sp³-hybridized carbons (Fsp3) is 0.480. The second-order valence-corrected chi connectivity index (χ2v) is 7.98. The van der Waals surface area contributed by atoms with E-state index >= 15 is 0 Å². The lowest BCUT2D eigenvalue weighted by Gasteiger charge is -2.34. The number of halogens is 1. The van der Waals surface area contributed by atoms with E-state index in [9.17, 15) is 0 Å². The minimum atomic E-state index is 0. The van der Waals surface area contributed by atoms with Crippen molar-refractivity contribution in [2.45, 2.75) is 39.3 Å². The largest absolute Gasteiger partial charge is 0.497 e. The van der Waals surface area contributed by atoms with Crippen LogP contribution in [-0.4, -0.2) is 53.0 Å². The Morgan fingerprint density at radius 1 is 1.00 bits per heavy atom. The third-order valence-electron chi connectivity index (χ3n) is 5.77. The highest BCUT2D eigenvalue weighted by Gasteiger charge is 2.21. The molecule has 0 unspecified atom stereocenters. The van der Waals surface area contributed by atoms with Gasteiger partial charge >= 0.3 is 0 Å². The molecule has 1 heterocycles. The van der Waals surface area contributed by atoms with Crippen molar-refractivity contribution in [2.24, 2.45) is 4.99 Å². The molecule has 1 aliphatic rings. The molecule has 0 radical (unpaired) electrons. The monoisotopic (exact) mass is 568 g/mol. The molecule has 0 bridgehead atoms. The highest BCUT2D eigenvalue weighted by Crippen LogP contribution is 2.30. The zero-order valence-electron chi connectivity index (χ0n) is 20.3. The Morgan fingerprint density at radius 2 is 1.67 bits per heavy atom. The Labute approximate surface area is 214 Å². The SMILES string of the molecule is CCNC(=NCc1ccc(C)c(OC)c1)NC1CCN(c2cc(OC)cc(OC)c2)CC1.I. The van der Waals surface area contributed by atoms with Crippen LogP contribution in [0.5, 0.6) is 17.2 Å². The van der Waals surface area contributed by atoms with Crippen LogP contribution in [-0.2, 0) is 6.54 Å². The maximum absolute atomic E-state index is 5.44. The van der Waals surface area contributed by atoms with E-state index in [2.05, 4.69) is 52.8 Å². The third kappa shape index (κ3) is 7.58. The van der Waals surface area contributed by atoms with Crippen molar-refractivity contribution >= 4 is 35.6 Å². The molecule has 0 amide bonds. The number of nitrogens with zero attached hydrogens (tertiary/aromatic N) is 2. The Bertz CT molecular complexity index is 892. The van der Waals surface area contributed by atoms with E-state index in [1.165, 1.54) is 0 Å². The zero-order valence-corrected chi connectivity index (χ0v) is 22.6. The first kappa shape index (κ1) is 26.9. The van der Waals surface area contributed by atoms with Gasteiger partial charge in [-0.25, -0.2) is 4.99 Å². The van der Waals surface area contributed by atoms with Gasteiger partial charge in [-0.2, -0.15) is 0 Å². The molecule has 0 spiro atoms. The predicted octanol–water partition coefficient (Wildman–Crippen LogP) is 4.36. The van der Waals surface area contributed by atoms with E-state index in [4.69, 9.17) is 19.2 Å². The van der Waals surface area contributed by atoms with Crippen molar-refractivity contribution in [1.29, 1.82) is 0 Å². The number of rotatable bonds is 8. The summed E-state index contributed by atoms with van der Waals surface area (Å²) < 4.78 is 16.3. The lowest BCUT2D eigenvalue weighted by molar-refractivity contribution is 0.393. The van der Waals surface area contributed by atoms with E-state index in [1.807, 2.05) is 13.0 Å². The Kier molecular flexibility index (Phi) is 10.9. The van der Waals surface area contributed by atoms with Crippen molar-refractivity contribution in [3.8, 4) is 17.2 Å². The van der Waals surface area contributed by atoms with Crippen molar-refractivity contribution in [3.63, 3.8) is 0 Å². The minimum Gasteiger partial charge on any atom is -0.497 e. The van der Waals surface area contributed by atoms with Crippen molar-refractivity contribution < 1.29 is 14.2 Å². The molecule has 2 aromatic carbocycles. The standard InChI is InChI=1S/C25H36N4O3.HI/c1-6-26-25(27-17-19-8-7-18(2)24(13-19)32-5)28-20-9-11-29(12-10-20)21-14-22(30-3)16-23(15-21)31-4;/h7-8,13-16,20H,6,9-12,17H2,1-5H3,(H2,26,27,28);1H. The van der Waals surface area contributed by atoms with Crippen LogP contribution < -0.4 is 29.7 Å². The van der Waals surface area contributed by atoms with E-state index in [-0.39, 0.29) is 24.0 Å². The predicted molar refractivity (Wildman–Crippen MR) is 146 cm³/mol. The molecule has 7 nitrogen and oxygen atoms in total. The molecule has 0 atom stereocenters. The average molecular weight is 569 g/mol. The normalized spacial score (nSPS) is 14.3. The average Bonchev–Trinajstić information content (AvgIpc) is 2.83. The molecule has 0 saturated carbocycles. The number of piperidine rings is 1. The molecule has 1 aliphatic heterocycles. The number of anilines is 1. The minimum absolute atomic E-state index is 0. The quantitative estimate of drug-likeness (QED) is 0.280. The fourth-order valence-electron chi connectivity index (χ4n) is 3.90. The van der Waals surface area contributed by atoms with Crippen LogP contribution in [0.1, 0.15) is 30.9 Å². The van der Waals surface area contributed by atoms with Crippen LogP contribution in [0, 0.1) is 6.92 Å². The first-order valence-corrected chi connectivity index (χ1v) is 11.2. The highest BCUT2D eigenvalue weighted by molar-refractivity contribution is 14.0. The lowest BCUT2D eigenvalue weighted by Crippen LogP contribution is -2.48. The summed E-state index contributed by atoms with van der Waals surface area (Å²) in [5, 5.41) is 6.99. The van der Waals surface area contributed by atoms with Crippen LogP contribution >= 0.6 is 24.0 Å². The maximum atomic E-state index is 5.44. The molecule has 2 N–H and O–H groups in total. The van der Waals surface area contributed by atoms with Crippen LogP contribution in [0.4, 0.5) is 5.69 Å². The van der Waals surface area contributed by atoms with Gasteiger partial charge in [-0.05, 0) is 43.9 Å². The lowest BCUT2D eigenvalue weighted by atomic mass is 10.0. The number of aliphatic imine (C=N–C) groups is 1. The molecular weight excluding hydrogens is 531 g/mol. The van der Waals surface area contributed by atoms with Gasteiger partial charge in [0.05, 0.1) is 27.9 Å². The molecule has 8 heteroatoms. The number of ether oxygens (including phenoxy) is 3. The number of guanidine groups is 1. The van der Waals surface area contributed by atoms with Gasteiger partial charge in [-0.3, -0.25) is 0 Å². The van der Waals surface area contributed by atoms with E-state index < -0.39 is 0 Å². The number of hydrogen-bond acceptors (Lipinski definition) is 5. The van der Waals surface area contributed by atoms with Crippen molar-refractivity contribution in [2.75, 3.05) is 45.9 Å². The number of aryl methyl sites for hydroxylation is 1. The molecule has 3 rings (SSSR count). The van der Waals surface area contributed by atoms with Crippen LogP contribution in [0.3, 0.4) is 0 Å². The molecule has 182 valence electrons. The molecule has 2 aromatic rings. The van der Waals surface area contributed by atoms with E-state index in [0.29, 0.717) is 12.6 Å². The molecular formula is C25H37IN4O3. The molecule has 1 saturated heterocycles. The number of methoxy groups -OCH3 is 3. The molecule has 0 aliphatic carbocycles. The smallest absolute Gasteiger partial charge is 0.191 e. The molecule has 33 heavy (non-hydrogen) atoms. The third-order valence-corrected chi connectivity index (χ3v) is 5.77. The summed E-state index contributed by atoms with van der Waals surface area (Å²) in [5.74, 6) is 3.38. The second kappa shape index (κ2) is 13.4. The van der Waals surface area contributed by atoms with Crippen molar-refractivity contribution in [1.82, 2.24) is 10.6 Å². The number of hydrogen-bond donors (Lipinski definition) is 2. The van der Waals surface area contributed by atoms with Gasteiger partial charge in [0.25, 0.3) is 0 Å². The van der Waals surface area contributed by atoms with Gasteiger partial charge in [0.15, 0.2) is 5.96 Å². The van der Waals surface area contributed by atoms with Crippen molar-refractivity contribution in [3.05, 3.63) is 47.5 Å². The molecule has 0 aromatic heterocycles. The van der Waals surface area contributed by atoms with Gasteiger partial charge in [0.1, 0.15) is 17.2 Å². The van der Waals surface area contributed by atoms with Gasteiger partial charge in [-0.15, -0.1) is 24.0 Å². The summed E-state index contributed by atoms with van der Waals surface area (Å²) in [6, 6.07) is 12.7. The van der Waals surface area contributed by atoms with Gasteiger partial charge < -0.3 is 29.7 Å². The first-order valence-electron chi connectivity index (χ1n) is 11.2. The highest BCUT2D eigenvalue weighted by atomic mass is 127. The van der Waals surface area contributed by atoms with Crippen LogP contribution in [0.2, 0.25) is 0 Å². The number of benzene rings is 2. The second-order valence-electron chi connectivity index (χ2n) is 7.98. The van der Waals surface area contributed by atoms with E-state index in [1.54, 1.807) is 21.3 Å². The Morgan fingerprint density at radius 3 is 2.24 bits per heavy atom. The Hall–Kier alpha value is -2.36. The van der Waals surface area contributed by atoms with Gasteiger partial charge in [-0.1, -0.05) is 12.1 Å². The topological polar surface area (TPSA) is 67.4 Å². The maximum Gasteiger partial charge on any atom is 0.191 e. The summed E-state index contributed by atoms with van der Waals surface area (Å²) in [4.78, 5) is 7.18. The van der Waals surface area contributed by atoms with Crippen LogP contribution in [0.25, 0.3) is 0 Å². The summed E-state index contributed by atoms with van der Waals surface area (Å²) in [7, 11) is 5.07. The zero-order chi connectivity index (χ0) is 22.9. The summed E-state index contributed by atoms with van der Waals surface area (Å²) in [6.07, 6.45) is 2.06. The van der Waals surface area contributed by atoms with Gasteiger partial charge in [0.2, 0.25) is 0 Å². The summed E-state index contributed by atoms with van der Waals surface area (Å²) in [6.45, 7) is 7.49. The first-order chi connectivity index (χ1) is 15.6. The van der Waals surface area contributed by atoms with Gasteiger partial charge in [0, 0.05) is 49.6 Å². The van der Waals surface area contributed by atoms with E-state index in [0.717, 1.165) is 72.5 Å². The molecule has 1 fully saturated rings. The Balaban J connectivity index is 0.00000385.